The molecule has 1 atom stereocenters. The third-order valence-corrected chi connectivity index (χ3v) is 5.40. The van der Waals surface area contributed by atoms with Gasteiger partial charge in [-0.1, -0.05) is 6.92 Å². The first-order valence-corrected chi connectivity index (χ1v) is 9.72. The number of amides is 3. The molecule has 154 valence electrons. The minimum atomic E-state index is -0.342. The molecule has 1 saturated heterocycles. The van der Waals surface area contributed by atoms with Gasteiger partial charge in [-0.15, -0.1) is 0 Å². The summed E-state index contributed by atoms with van der Waals surface area (Å²) in [5.41, 5.74) is 1.30. The summed E-state index contributed by atoms with van der Waals surface area (Å²) < 4.78 is 18.1. The van der Waals surface area contributed by atoms with Crippen molar-refractivity contribution in [1.82, 2.24) is 4.90 Å². The Bertz CT molecular complexity index is 831. The molecule has 0 saturated carbocycles. The molecule has 0 unspecified atom stereocenters. The summed E-state index contributed by atoms with van der Waals surface area (Å²) in [5.74, 6) is 0.431. The highest BCUT2D eigenvalue weighted by atomic mass is 19.1. The number of piperidine rings is 1. The van der Waals surface area contributed by atoms with Crippen LogP contribution in [0.3, 0.4) is 0 Å². The number of carbonyl (C=O) groups is 2. The van der Waals surface area contributed by atoms with E-state index in [9.17, 15) is 14.0 Å². The number of urea groups is 1. The van der Waals surface area contributed by atoms with Crippen LogP contribution in [0.1, 0.15) is 19.8 Å². The normalized spacial score (nSPS) is 15.5. The van der Waals surface area contributed by atoms with Crippen LogP contribution in [0.5, 0.6) is 5.75 Å². The number of nitrogens with zero attached hydrogens (tertiary/aromatic N) is 1. The van der Waals surface area contributed by atoms with Crippen LogP contribution in [0.15, 0.2) is 48.5 Å². The zero-order chi connectivity index (χ0) is 20.8. The highest BCUT2D eigenvalue weighted by molar-refractivity contribution is 5.92. The van der Waals surface area contributed by atoms with Gasteiger partial charge < -0.3 is 20.3 Å². The maximum atomic E-state index is 13.0. The van der Waals surface area contributed by atoms with Gasteiger partial charge in [-0.05, 0) is 67.3 Å². The predicted molar refractivity (Wildman–Crippen MR) is 111 cm³/mol. The molecule has 3 amide bonds. The van der Waals surface area contributed by atoms with E-state index in [2.05, 4.69) is 10.6 Å². The zero-order valence-electron chi connectivity index (χ0n) is 16.7. The van der Waals surface area contributed by atoms with Crippen molar-refractivity contribution in [2.75, 3.05) is 30.8 Å². The second-order valence-electron chi connectivity index (χ2n) is 7.27. The first-order chi connectivity index (χ1) is 14.0. The van der Waals surface area contributed by atoms with E-state index in [-0.39, 0.29) is 29.6 Å². The first kappa shape index (κ1) is 20.6. The number of halogens is 1. The number of ether oxygens (including phenoxy) is 1. The van der Waals surface area contributed by atoms with Crippen molar-refractivity contribution in [2.24, 2.45) is 11.8 Å². The molecule has 1 fully saturated rings. The Hall–Kier alpha value is -3.09. The van der Waals surface area contributed by atoms with Crippen LogP contribution in [0.2, 0.25) is 0 Å². The van der Waals surface area contributed by atoms with Crippen LogP contribution in [0, 0.1) is 17.7 Å². The van der Waals surface area contributed by atoms with Gasteiger partial charge in [-0.25, -0.2) is 9.18 Å². The van der Waals surface area contributed by atoms with Gasteiger partial charge in [0, 0.05) is 30.4 Å². The molecule has 29 heavy (non-hydrogen) atoms. The number of hydrogen-bond acceptors (Lipinski definition) is 3. The molecular formula is C22H26FN3O3. The van der Waals surface area contributed by atoms with Crippen molar-refractivity contribution >= 4 is 23.3 Å². The Labute approximate surface area is 170 Å². The summed E-state index contributed by atoms with van der Waals surface area (Å²) in [7, 11) is 1.60. The Morgan fingerprint density at radius 2 is 1.55 bits per heavy atom. The lowest BCUT2D eigenvalue weighted by Crippen LogP contribution is -2.43. The molecule has 1 aliphatic rings. The number of hydrogen-bond donors (Lipinski definition) is 2. The van der Waals surface area contributed by atoms with E-state index in [1.165, 1.54) is 24.3 Å². The van der Waals surface area contributed by atoms with Crippen molar-refractivity contribution < 1.29 is 18.7 Å². The van der Waals surface area contributed by atoms with E-state index in [0.717, 1.165) is 24.3 Å². The Morgan fingerprint density at radius 3 is 2.14 bits per heavy atom. The van der Waals surface area contributed by atoms with Crippen molar-refractivity contribution in [1.29, 1.82) is 0 Å². The molecule has 1 aliphatic heterocycles. The van der Waals surface area contributed by atoms with E-state index in [1.807, 2.05) is 19.1 Å². The number of benzene rings is 2. The predicted octanol–water partition coefficient (Wildman–Crippen LogP) is 4.35. The van der Waals surface area contributed by atoms with Crippen molar-refractivity contribution in [3.05, 3.63) is 54.3 Å². The number of carbonyl (C=O) groups excluding carboxylic acids is 2. The summed E-state index contributed by atoms with van der Waals surface area (Å²) in [6.07, 6.45) is 1.52. The van der Waals surface area contributed by atoms with Crippen LogP contribution in [-0.4, -0.2) is 37.0 Å². The van der Waals surface area contributed by atoms with Crippen LogP contribution in [0.25, 0.3) is 0 Å². The smallest absolute Gasteiger partial charge is 0.321 e. The molecule has 0 aromatic heterocycles. The van der Waals surface area contributed by atoms with Gasteiger partial charge >= 0.3 is 6.03 Å². The Balaban J connectivity index is 1.47. The fraction of sp³-hybridized carbons (Fsp3) is 0.364. The largest absolute Gasteiger partial charge is 0.497 e. The summed E-state index contributed by atoms with van der Waals surface area (Å²) in [4.78, 5) is 26.7. The average Bonchev–Trinajstić information content (AvgIpc) is 2.75. The van der Waals surface area contributed by atoms with Gasteiger partial charge in [0.2, 0.25) is 5.91 Å². The SMILES string of the molecule is COc1ccc(NC(=O)[C@H](C)C2CCN(C(=O)Nc3ccc(F)cc3)CC2)cc1. The Morgan fingerprint density at radius 1 is 1.00 bits per heavy atom. The average molecular weight is 399 g/mol. The highest BCUT2D eigenvalue weighted by Crippen LogP contribution is 2.27. The molecule has 0 aliphatic carbocycles. The fourth-order valence-corrected chi connectivity index (χ4v) is 3.48. The van der Waals surface area contributed by atoms with Gasteiger partial charge in [-0.3, -0.25) is 4.79 Å². The lowest BCUT2D eigenvalue weighted by atomic mass is 9.85. The summed E-state index contributed by atoms with van der Waals surface area (Å²) in [5, 5.41) is 5.72. The summed E-state index contributed by atoms with van der Waals surface area (Å²) >= 11 is 0. The van der Waals surface area contributed by atoms with Crippen LogP contribution >= 0.6 is 0 Å². The monoisotopic (exact) mass is 399 g/mol. The molecular weight excluding hydrogens is 373 g/mol. The van der Waals surface area contributed by atoms with E-state index >= 15 is 0 Å². The highest BCUT2D eigenvalue weighted by Gasteiger charge is 2.30. The first-order valence-electron chi connectivity index (χ1n) is 9.72. The van der Waals surface area contributed by atoms with E-state index < -0.39 is 0 Å². The van der Waals surface area contributed by atoms with Crippen LogP contribution in [-0.2, 0) is 4.79 Å². The van der Waals surface area contributed by atoms with E-state index in [0.29, 0.717) is 18.8 Å². The lowest BCUT2D eigenvalue weighted by Gasteiger charge is -2.34. The standard InChI is InChI=1S/C22H26FN3O3/c1-15(21(27)24-18-7-9-20(29-2)10-8-18)16-11-13-26(14-12-16)22(28)25-19-5-3-17(23)4-6-19/h3-10,15-16H,11-14H2,1-2H3,(H,24,27)(H,25,28)/t15-/m1/s1. The maximum absolute atomic E-state index is 13.0. The van der Waals surface area contributed by atoms with Crippen LogP contribution < -0.4 is 15.4 Å². The molecule has 1 heterocycles. The molecule has 0 bridgehead atoms. The van der Waals surface area contributed by atoms with Gasteiger partial charge in [0.05, 0.1) is 7.11 Å². The third-order valence-electron chi connectivity index (χ3n) is 5.40. The Kier molecular flexibility index (Phi) is 6.69. The number of methoxy groups -OCH3 is 1. The minimum absolute atomic E-state index is 0.0237. The molecule has 0 spiro atoms. The summed E-state index contributed by atoms with van der Waals surface area (Å²) in [6, 6.07) is 12.7. The fourth-order valence-electron chi connectivity index (χ4n) is 3.48. The van der Waals surface area contributed by atoms with E-state index in [1.54, 1.807) is 24.1 Å². The number of nitrogens with one attached hydrogen (secondary N) is 2. The second kappa shape index (κ2) is 9.41. The molecule has 7 heteroatoms. The van der Waals surface area contributed by atoms with Crippen LogP contribution in [0.4, 0.5) is 20.6 Å². The molecule has 6 nitrogen and oxygen atoms in total. The molecule has 2 aromatic carbocycles. The number of anilines is 2. The topological polar surface area (TPSA) is 70.7 Å². The number of rotatable bonds is 5. The van der Waals surface area contributed by atoms with Gasteiger partial charge in [0.1, 0.15) is 11.6 Å². The second-order valence-corrected chi connectivity index (χ2v) is 7.27. The quantitative estimate of drug-likeness (QED) is 0.785. The van der Waals surface area contributed by atoms with Crippen molar-refractivity contribution in [3.8, 4) is 5.75 Å². The van der Waals surface area contributed by atoms with E-state index in [4.69, 9.17) is 4.74 Å². The lowest BCUT2D eigenvalue weighted by molar-refractivity contribution is -0.121. The number of likely N-dealkylation sites (tertiary alicyclic amines) is 1. The molecule has 3 rings (SSSR count). The molecule has 0 radical (unpaired) electrons. The molecule has 2 N–H and O–H groups in total. The van der Waals surface area contributed by atoms with Gasteiger partial charge in [0.15, 0.2) is 0 Å². The van der Waals surface area contributed by atoms with Gasteiger partial charge in [-0.2, -0.15) is 0 Å². The molecule has 2 aromatic rings. The third kappa shape index (κ3) is 5.47. The minimum Gasteiger partial charge on any atom is -0.497 e. The maximum Gasteiger partial charge on any atom is 0.321 e. The zero-order valence-corrected chi connectivity index (χ0v) is 16.7. The van der Waals surface area contributed by atoms with Crippen molar-refractivity contribution in [3.63, 3.8) is 0 Å². The van der Waals surface area contributed by atoms with Crippen molar-refractivity contribution in [2.45, 2.75) is 19.8 Å². The summed E-state index contributed by atoms with van der Waals surface area (Å²) in [6.45, 7) is 3.09. The van der Waals surface area contributed by atoms with Gasteiger partial charge in [0.25, 0.3) is 0 Å².